The second-order valence-corrected chi connectivity index (χ2v) is 12.8. The average molecular weight is 614 g/mol. The number of quaternary nitrogens is 1. The second kappa shape index (κ2) is 39.7. The van der Waals surface area contributed by atoms with Crippen molar-refractivity contribution in [2.75, 3.05) is 111 Å². The van der Waals surface area contributed by atoms with Gasteiger partial charge >= 0.3 is 0 Å². The van der Waals surface area contributed by atoms with Crippen molar-refractivity contribution in [3.63, 3.8) is 0 Å². The number of rotatable bonds is 3. The first-order chi connectivity index (χ1) is 18.6. The molecule has 0 aromatic rings. The molecule has 0 unspecified atom stereocenters. The fourth-order valence-electron chi connectivity index (χ4n) is 0. The smallest absolute Gasteiger partial charge is 0.218 e. The van der Waals surface area contributed by atoms with Crippen LogP contribution in [0.5, 0.6) is 0 Å². The lowest BCUT2D eigenvalue weighted by Crippen LogP contribution is -2.33. The minimum absolute atomic E-state index is 0.0417. The highest BCUT2D eigenvalue weighted by Crippen LogP contribution is 2.02. The third-order valence-corrected chi connectivity index (χ3v) is 4.60. The van der Waals surface area contributed by atoms with E-state index in [2.05, 4.69) is 92.3 Å². The van der Waals surface area contributed by atoms with Gasteiger partial charge in [0.15, 0.2) is 0 Å². The Balaban J connectivity index is -0.0000000529. The van der Waals surface area contributed by atoms with Crippen molar-refractivity contribution in [1.29, 1.82) is 5.41 Å². The van der Waals surface area contributed by atoms with Crippen LogP contribution in [0.2, 0.25) is 0 Å². The fourth-order valence-corrected chi connectivity index (χ4v) is 0. The molecule has 0 aromatic heterocycles. The third kappa shape index (κ3) is 157. The van der Waals surface area contributed by atoms with Gasteiger partial charge in [-0.05, 0) is 103 Å². The van der Waals surface area contributed by atoms with Gasteiger partial charge in [-0.15, -0.1) is 0 Å². The number of carbonyl (C=O) groups excluding carboxylic acids is 1. The zero-order chi connectivity index (χ0) is 36.3. The molecule has 0 heterocycles. The SMILES string of the molecule is CC(=N)N(C)C.CC(=O)N(C)C.CCN.CCN(C)C.CCNC.CC[N+](C)(C)C.CNC(C)(C)C.COC(C)(C)C. The first-order valence-electron chi connectivity index (χ1n) is 15.0. The molecule has 0 atom stereocenters. The number of nitrogens with zero attached hydrogens (tertiary/aromatic N) is 4. The zero-order valence-electron chi connectivity index (χ0n) is 33.5. The van der Waals surface area contributed by atoms with E-state index in [-0.39, 0.29) is 11.5 Å². The van der Waals surface area contributed by atoms with Crippen molar-refractivity contribution < 1.29 is 14.0 Å². The summed E-state index contributed by atoms with van der Waals surface area (Å²) in [6, 6.07) is 0. The Labute approximate surface area is 267 Å². The third-order valence-electron chi connectivity index (χ3n) is 4.60. The maximum Gasteiger partial charge on any atom is 0.218 e. The van der Waals surface area contributed by atoms with Crippen molar-refractivity contribution >= 4 is 11.7 Å². The van der Waals surface area contributed by atoms with Crippen molar-refractivity contribution in [2.45, 2.75) is 94.2 Å². The highest BCUT2D eigenvalue weighted by Gasteiger charge is 2.04. The summed E-state index contributed by atoms with van der Waals surface area (Å²) in [4.78, 5) is 15.5. The summed E-state index contributed by atoms with van der Waals surface area (Å²) >= 11 is 0. The van der Waals surface area contributed by atoms with E-state index in [9.17, 15) is 4.79 Å². The van der Waals surface area contributed by atoms with E-state index >= 15 is 0 Å². The lowest BCUT2D eigenvalue weighted by atomic mass is 10.1. The molecule has 0 bridgehead atoms. The van der Waals surface area contributed by atoms with Crippen LogP contribution in [0.15, 0.2) is 0 Å². The second-order valence-electron chi connectivity index (χ2n) is 12.8. The first kappa shape index (κ1) is 60.0. The van der Waals surface area contributed by atoms with E-state index in [1.165, 1.54) is 18.4 Å². The summed E-state index contributed by atoms with van der Waals surface area (Å²) in [5, 5.41) is 12.9. The zero-order valence-corrected chi connectivity index (χ0v) is 33.5. The summed E-state index contributed by atoms with van der Waals surface area (Å²) in [7, 11) is 23.4. The molecular weight excluding hydrogens is 528 g/mol. The number of methoxy groups -OCH3 is 1. The number of ether oxygens (including phenoxy) is 1. The molecule has 42 heavy (non-hydrogen) atoms. The Morgan fingerprint density at radius 2 is 1.00 bits per heavy atom. The van der Waals surface area contributed by atoms with Gasteiger partial charge in [-0.2, -0.15) is 0 Å². The van der Waals surface area contributed by atoms with Gasteiger partial charge in [0.1, 0.15) is 0 Å². The predicted octanol–water partition coefficient (Wildman–Crippen LogP) is 4.55. The average Bonchev–Trinajstić information content (AvgIpc) is 2.85. The Kier molecular flexibility index (Phi) is 56.7. The number of carbonyl (C=O) groups is 1. The fraction of sp³-hybridized carbons (Fsp3) is 0.938. The van der Waals surface area contributed by atoms with E-state index in [1.807, 2.05) is 55.9 Å². The molecule has 0 fully saturated rings. The van der Waals surface area contributed by atoms with Crippen molar-refractivity contribution in [3.8, 4) is 0 Å². The Bertz CT molecular complexity index is 453. The number of hydrogen-bond acceptors (Lipinski definition) is 7. The van der Waals surface area contributed by atoms with Crippen LogP contribution in [0.1, 0.15) is 83.1 Å². The minimum atomic E-state index is 0.0417. The van der Waals surface area contributed by atoms with E-state index in [1.54, 1.807) is 33.0 Å². The maximum atomic E-state index is 10.1. The van der Waals surface area contributed by atoms with Crippen molar-refractivity contribution in [1.82, 2.24) is 25.3 Å². The van der Waals surface area contributed by atoms with Crippen LogP contribution in [0, 0.1) is 5.41 Å². The number of amides is 1. The van der Waals surface area contributed by atoms with Gasteiger partial charge in [0, 0.05) is 47.8 Å². The lowest BCUT2D eigenvalue weighted by molar-refractivity contribution is -0.868. The minimum Gasteiger partial charge on any atom is -0.379 e. The number of nitrogens with two attached hydrogens (primary N) is 1. The summed E-state index contributed by atoms with van der Waals surface area (Å²) in [6.07, 6.45) is 0. The van der Waals surface area contributed by atoms with Gasteiger partial charge in [-0.25, -0.2) is 0 Å². The molecule has 10 heteroatoms. The van der Waals surface area contributed by atoms with Crippen LogP contribution >= 0.6 is 0 Å². The molecular formula is C32H85N8O2+. The molecule has 1 amide bonds. The number of amidine groups is 1. The van der Waals surface area contributed by atoms with Gasteiger partial charge in [-0.1, -0.05) is 20.8 Å². The van der Waals surface area contributed by atoms with Gasteiger partial charge < -0.3 is 40.3 Å². The van der Waals surface area contributed by atoms with Crippen LogP contribution in [0.4, 0.5) is 0 Å². The molecule has 5 N–H and O–H groups in total. The summed E-state index contributed by atoms with van der Waals surface area (Å²) in [5.74, 6) is 0.685. The molecule has 0 saturated carbocycles. The van der Waals surface area contributed by atoms with E-state index in [0.717, 1.165) is 24.1 Å². The maximum absolute atomic E-state index is 10.1. The monoisotopic (exact) mass is 614 g/mol. The molecule has 10 nitrogen and oxygen atoms in total. The number of nitrogens with one attached hydrogen (secondary N) is 3. The van der Waals surface area contributed by atoms with Crippen LogP contribution < -0.4 is 16.4 Å². The number of hydrogen-bond donors (Lipinski definition) is 4. The summed E-state index contributed by atoms with van der Waals surface area (Å²) in [6.45, 7) is 28.2. The quantitative estimate of drug-likeness (QED) is 0.210. The van der Waals surface area contributed by atoms with Gasteiger partial charge in [-0.3, -0.25) is 10.2 Å². The molecule has 0 aromatic carbocycles. The largest absolute Gasteiger partial charge is 0.379 e. The van der Waals surface area contributed by atoms with E-state index < -0.39 is 0 Å². The van der Waals surface area contributed by atoms with Gasteiger partial charge in [0.25, 0.3) is 0 Å². The summed E-state index contributed by atoms with van der Waals surface area (Å²) < 4.78 is 6.01. The van der Waals surface area contributed by atoms with Crippen LogP contribution in [0.25, 0.3) is 0 Å². The highest BCUT2D eigenvalue weighted by molar-refractivity contribution is 5.75. The van der Waals surface area contributed by atoms with E-state index in [0.29, 0.717) is 11.4 Å². The van der Waals surface area contributed by atoms with Gasteiger partial charge in [0.2, 0.25) is 5.91 Å². The molecule has 264 valence electrons. The van der Waals surface area contributed by atoms with Crippen molar-refractivity contribution in [2.24, 2.45) is 5.73 Å². The molecule has 0 aliphatic carbocycles. The molecule has 0 spiro atoms. The Morgan fingerprint density at radius 3 is 1.00 bits per heavy atom. The summed E-state index contributed by atoms with van der Waals surface area (Å²) in [5.41, 5.74) is 5.18. The highest BCUT2D eigenvalue weighted by atomic mass is 16.5. The van der Waals surface area contributed by atoms with Crippen LogP contribution in [-0.2, 0) is 9.53 Å². The Morgan fingerprint density at radius 1 is 0.833 bits per heavy atom. The standard InChI is InChI=1S/C5H14N.C5H13N.C5H12O.C4H10N2.C4H9NO.C4H11N.C3H9N.C2H7N/c1-5-6(2,3)4;2*1-5(2,3)6-4;1-4(5)6(2)3;1-4(6)5(2)3;1-4-5(2)3;1-3-4-2;1-2-3/h5H2,1-4H3;6H,1-4H3;1-4H3;5H,1-3H3;1-3H3;4H2,1-3H3;4H,3H2,1-2H3;2-3H2,1H3/q+1;;;;;;;. The lowest BCUT2D eigenvalue weighted by Gasteiger charge is -2.20. The normalized spacial score (nSPS) is 9.67. The molecule has 0 saturated heterocycles. The van der Waals surface area contributed by atoms with E-state index in [4.69, 9.17) is 15.9 Å². The van der Waals surface area contributed by atoms with Crippen LogP contribution in [-0.4, -0.2) is 153 Å². The molecule has 0 rings (SSSR count). The predicted molar refractivity (Wildman–Crippen MR) is 194 cm³/mol. The molecule has 0 radical (unpaired) electrons. The topological polar surface area (TPSA) is 110 Å². The molecule has 0 aliphatic rings. The van der Waals surface area contributed by atoms with Crippen LogP contribution in [0.3, 0.4) is 0 Å². The van der Waals surface area contributed by atoms with Crippen molar-refractivity contribution in [3.05, 3.63) is 0 Å². The van der Waals surface area contributed by atoms with Gasteiger partial charge in [0.05, 0.1) is 39.1 Å². The molecule has 0 aliphatic heterocycles. The first-order valence-corrected chi connectivity index (χ1v) is 15.0. The Hall–Kier alpha value is -1.30.